The van der Waals surface area contributed by atoms with Gasteiger partial charge < -0.3 is 10.5 Å². The number of hydrogen-bond acceptors (Lipinski definition) is 5. The summed E-state index contributed by atoms with van der Waals surface area (Å²) in [5, 5.41) is 1.17. The number of hydrogen-bond donors (Lipinski definition) is 1. The summed E-state index contributed by atoms with van der Waals surface area (Å²) in [4.78, 5) is 11.7. The Hall–Kier alpha value is -2.50. The summed E-state index contributed by atoms with van der Waals surface area (Å²) in [6.07, 6.45) is -0.0450. The Morgan fingerprint density at radius 1 is 1.16 bits per heavy atom. The van der Waals surface area contributed by atoms with Crippen molar-refractivity contribution in [1.82, 2.24) is 14.9 Å². The first-order valence-electron chi connectivity index (χ1n) is 8.60. The normalized spacial score (nSPS) is 18.5. The van der Waals surface area contributed by atoms with Crippen LogP contribution in [0.2, 0.25) is 0 Å². The van der Waals surface area contributed by atoms with Gasteiger partial charge in [-0.2, -0.15) is 0 Å². The maximum atomic E-state index is 5.96. The fourth-order valence-electron chi connectivity index (χ4n) is 3.34. The number of nitrogens with zero attached hydrogens (tertiary/aromatic N) is 3. The van der Waals surface area contributed by atoms with Crippen LogP contribution < -0.4 is 5.73 Å². The van der Waals surface area contributed by atoms with Crippen molar-refractivity contribution in [3.05, 3.63) is 65.6 Å². The highest BCUT2D eigenvalue weighted by atomic mass is 16.5. The van der Waals surface area contributed by atoms with Crippen LogP contribution in [0.15, 0.2) is 48.5 Å². The molecule has 4 rings (SSSR count). The summed E-state index contributed by atoms with van der Waals surface area (Å²) in [5.41, 5.74) is 10.6. The largest absolute Gasteiger partial charge is 0.399 e. The van der Waals surface area contributed by atoms with Crippen LogP contribution >= 0.6 is 0 Å². The summed E-state index contributed by atoms with van der Waals surface area (Å²) < 4.78 is 5.93. The molecule has 0 aliphatic carbocycles. The van der Waals surface area contributed by atoms with Crippen molar-refractivity contribution in [3.8, 4) is 0 Å². The molecule has 1 saturated heterocycles. The first kappa shape index (κ1) is 16.0. The van der Waals surface area contributed by atoms with E-state index in [0.717, 1.165) is 47.9 Å². The van der Waals surface area contributed by atoms with Crippen LogP contribution in [0, 0.1) is 6.92 Å². The number of aryl methyl sites for hydroxylation is 1. The highest BCUT2D eigenvalue weighted by Gasteiger charge is 2.23. The molecular weight excluding hydrogens is 312 g/mol. The molecule has 1 aliphatic heterocycles. The number of nitrogens with two attached hydrogens (primary N) is 1. The Morgan fingerprint density at radius 2 is 2.04 bits per heavy atom. The van der Waals surface area contributed by atoms with Crippen LogP contribution in [-0.2, 0) is 11.3 Å². The number of nitrogen functional groups attached to an aromatic ring is 1. The van der Waals surface area contributed by atoms with E-state index in [0.29, 0.717) is 6.61 Å². The molecule has 0 spiro atoms. The molecule has 128 valence electrons. The van der Waals surface area contributed by atoms with Crippen LogP contribution in [0.5, 0.6) is 0 Å². The van der Waals surface area contributed by atoms with Gasteiger partial charge in [-0.05, 0) is 31.2 Å². The lowest BCUT2D eigenvalue weighted by Gasteiger charge is -2.32. The lowest BCUT2D eigenvalue weighted by Crippen LogP contribution is -2.38. The number of para-hydroxylation sites is 1. The summed E-state index contributed by atoms with van der Waals surface area (Å²) in [7, 11) is 0. The molecule has 0 radical (unpaired) electrons. The van der Waals surface area contributed by atoms with E-state index < -0.39 is 0 Å². The molecule has 0 saturated carbocycles. The molecule has 1 fully saturated rings. The van der Waals surface area contributed by atoms with Crippen LogP contribution in [0.25, 0.3) is 10.9 Å². The molecule has 5 heteroatoms. The number of morpholine rings is 1. The molecule has 5 nitrogen and oxygen atoms in total. The number of anilines is 1. The average molecular weight is 334 g/mol. The topological polar surface area (TPSA) is 64.3 Å². The predicted octanol–water partition coefficient (Wildman–Crippen LogP) is 3.09. The van der Waals surface area contributed by atoms with Gasteiger partial charge in [0.15, 0.2) is 0 Å². The lowest BCUT2D eigenvalue weighted by molar-refractivity contribution is -0.0353. The number of ether oxygens (including phenoxy) is 1. The van der Waals surface area contributed by atoms with E-state index in [2.05, 4.69) is 34.1 Å². The molecule has 1 atom stereocenters. The zero-order chi connectivity index (χ0) is 17.2. The minimum absolute atomic E-state index is 0.0450. The third-order valence-electron chi connectivity index (χ3n) is 4.52. The van der Waals surface area contributed by atoms with Crippen molar-refractivity contribution >= 4 is 16.6 Å². The summed E-state index contributed by atoms with van der Waals surface area (Å²) in [6, 6.07) is 16.2. The SMILES string of the molecule is Cc1cc(N)cc([C@@H]2CN(Cc3ccc4ccccc4n3)CCO2)n1. The Morgan fingerprint density at radius 3 is 2.92 bits per heavy atom. The van der Waals surface area contributed by atoms with E-state index >= 15 is 0 Å². The second kappa shape index (κ2) is 6.78. The molecule has 3 heterocycles. The van der Waals surface area contributed by atoms with E-state index in [4.69, 9.17) is 15.5 Å². The smallest absolute Gasteiger partial charge is 0.112 e. The first-order valence-corrected chi connectivity index (χ1v) is 8.60. The quantitative estimate of drug-likeness (QED) is 0.797. The molecule has 0 bridgehead atoms. The Kier molecular flexibility index (Phi) is 4.34. The van der Waals surface area contributed by atoms with Gasteiger partial charge in [-0.15, -0.1) is 0 Å². The minimum Gasteiger partial charge on any atom is -0.399 e. The Labute approximate surface area is 147 Å². The molecule has 25 heavy (non-hydrogen) atoms. The molecule has 2 aromatic heterocycles. The van der Waals surface area contributed by atoms with Crippen molar-refractivity contribution < 1.29 is 4.74 Å². The minimum atomic E-state index is -0.0450. The van der Waals surface area contributed by atoms with E-state index in [-0.39, 0.29) is 6.10 Å². The second-order valence-electron chi connectivity index (χ2n) is 6.56. The lowest BCUT2D eigenvalue weighted by atomic mass is 10.1. The first-order chi connectivity index (χ1) is 12.2. The maximum Gasteiger partial charge on any atom is 0.112 e. The maximum absolute atomic E-state index is 5.96. The van der Waals surface area contributed by atoms with Crippen molar-refractivity contribution in [1.29, 1.82) is 0 Å². The van der Waals surface area contributed by atoms with Gasteiger partial charge in [0.2, 0.25) is 0 Å². The summed E-state index contributed by atoms with van der Waals surface area (Å²) in [5.74, 6) is 0. The summed E-state index contributed by atoms with van der Waals surface area (Å²) in [6.45, 7) is 5.15. The van der Waals surface area contributed by atoms with Crippen LogP contribution in [0.3, 0.4) is 0 Å². The van der Waals surface area contributed by atoms with Gasteiger partial charge in [-0.25, -0.2) is 0 Å². The van der Waals surface area contributed by atoms with E-state index in [1.807, 2.05) is 31.2 Å². The molecule has 1 aromatic carbocycles. The number of benzene rings is 1. The van der Waals surface area contributed by atoms with Crippen LogP contribution in [0.1, 0.15) is 23.2 Å². The third-order valence-corrected chi connectivity index (χ3v) is 4.52. The zero-order valence-electron chi connectivity index (χ0n) is 14.4. The molecule has 0 unspecified atom stereocenters. The van der Waals surface area contributed by atoms with Crippen molar-refractivity contribution in [2.45, 2.75) is 19.6 Å². The van der Waals surface area contributed by atoms with Gasteiger partial charge in [-0.3, -0.25) is 14.9 Å². The fourth-order valence-corrected chi connectivity index (χ4v) is 3.34. The number of pyridine rings is 2. The van der Waals surface area contributed by atoms with Gasteiger partial charge in [0.05, 0.1) is 23.5 Å². The second-order valence-corrected chi connectivity index (χ2v) is 6.56. The van der Waals surface area contributed by atoms with Gasteiger partial charge in [0, 0.05) is 36.4 Å². The molecule has 3 aromatic rings. The number of fused-ring (bicyclic) bond motifs is 1. The van der Waals surface area contributed by atoms with Crippen LogP contribution in [0.4, 0.5) is 5.69 Å². The third kappa shape index (κ3) is 3.62. The number of rotatable bonds is 3. The summed E-state index contributed by atoms with van der Waals surface area (Å²) >= 11 is 0. The molecule has 0 amide bonds. The molecular formula is C20H22N4O. The average Bonchev–Trinajstić information content (AvgIpc) is 2.61. The predicted molar refractivity (Wildman–Crippen MR) is 99.1 cm³/mol. The van der Waals surface area contributed by atoms with Crippen molar-refractivity contribution in [3.63, 3.8) is 0 Å². The van der Waals surface area contributed by atoms with E-state index in [1.165, 1.54) is 5.39 Å². The zero-order valence-corrected chi connectivity index (χ0v) is 14.4. The van der Waals surface area contributed by atoms with E-state index in [1.54, 1.807) is 0 Å². The number of aromatic nitrogens is 2. The van der Waals surface area contributed by atoms with Crippen molar-refractivity contribution in [2.24, 2.45) is 0 Å². The fraction of sp³-hybridized carbons (Fsp3) is 0.300. The Balaban J connectivity index is 1.50. The van der Waals surface area contributed by atoms with Gasteiger partial charge in [0.25, 0.3) is 0 Å². The molecule has 1 aliphatic rings. The van der Waals surface area contributed by atoms with Gasteiger partial charge in [-0.1, -0.05) is 24.3 Å². The van der Waals surface area contributed by atoms with Gasteiger partial charge >= 0.3 is 0 Å². The highest BCUT2D eigenvalue weighted by Crippen LogP contribution is 2.24. The molecule has 2 N–H and O–H groups in total. The van der Waals surface area contributed by atoms with Gasteiger partial charge in [0.1, 0.15) is 6.10 Å². The van der Waals surface area contributed by atoms with Crippen molar-refractivity contribution in [2.75, 3.05) is 25.4 Å². The Bertz CT molecular complexity index is 876. The highest BCUT2D eigenvalue weighted by molar-refractivity contribution is 5.78. The monoisotopic (exact) mass is 334 g/mol. The van der Waals surface area contributed by atoms with Crippen LogP contribution in [-0.4, -0.2) is 34.6 Å². The van der Waals surface area contributed by atoms with E-state index in [9.17, 15) is 0 Å². The standard InChI is InChI=1S/C20H22N4O/c1-14-10-16(21)11-19(22-14)20-13-24(8-9-25-20)12-17-7-6-15-4-2-3-5-18(15)23-17/h2-7,10-11,20H,8-9,12-13H2,1H3,(H2,21,22)/t20-/m0/s1.